The predicted molar refractivity (Wildman–Crippen MR) is 61.7 cm³/mol. The number of nitrogens with zero attached hydrogens (tertiary/aromatic N) is 1. The fraction of sp³-hybridized carbons (Fsp3) is 0.364. The van der Waals surface area contributed by atoms with Crippen molar-refractivity contribution in [2.24, 2.45) is 0 Å². The average molecular weight is 256 g/mol. The van der Waals surface area contributed by atoms with Gasteiger partial charge in [0.25, 0.3) is 11.6 Å². The summed E-state index contributed by atoms with van der Waals surface area (Å²) in [5.74, 6) is -1.49. The van der Waals surface area contributed by atoms with E-state index in [-0.39, 0.29) is 12.2 Å². The summed E-state index contributed by atoms with van der Waals surface area (Å²) < 4.78 is 12.9. The third-order valence-electron chi connectivity index (χ3n) is 2.45. The van der Waals surface area contributed by atoms with Crippen molar-refractivity contribution in [3.63, 3.8) is 0 Å². The number of carbonyl (C=O) groups excluding carboxylic acids is 1. The largest absolute Gasteiger partial charge is 0.394 e. The molecule has 6 nitrogen and oxygen atoms in total. The normalized spacial score (nSPS) is 11.9. The van der Waals surface area contributed by atoms with Crippen LogP contribution < -0.4 is 5.32 Å². The van der Waals surface area contributed by atoms with Crippen LogP contribution in [0.15, 0.2) is 18.2 Å². The predicted octanol–water partition coefficient (Wildman–Crippen LogP) is 1.23. The Morgan fingerprint density at radius 2 is 2.28 bits per heavy atom. The van der Waals surface area contributed by atoms with Gasteiger partial charge in [-0.25, -0.2) is 4.39 Å². The molecule has 0 unspecified atom stereocenters. The molecule has 2 N–H and O–H groups in total. The summed E-state index contributed by atoms with van der Waals surface area (Å²) in [5, 5.41) is 22.1. The standard InChI is InChI=1S/C11H13FN2O4/c1-2-8(6-15)13-11(16)9-4-3-7(12)5-10(9)14(17)18/h3-5,8,15H,2,6H2,1H3,(H,13,16)/t8-/m0/s1. The zero-order valence-electron chi connectivity index (χ0n) is 9.72. The highest BCUT2D eigenvalue weighted by Gasteiger charge is 2.22. The van der Waals surface area contributed by atoms with Gasteiger partial charge in [-0.15, -0.1) is 0 Å². The lowest BCUT2D eigenvalue weighted by Gasteiger charge is -2.13. The van der Waals surface area contributed by atoms with Gasteiger partial charge in [-0.1, -0.05) is 6.92 Å². The smallest absolute Gasteiger partial charge is 0.285 e. The second kappa shape index (κ2) is 6.06. The monoisotopic (exact) mass is 256 g/mol. The number of nitrogens with one attached hydrogen (secondary N) is 1. The van der Waals surface area contributed by atoms with Crippen LogP contribution in [0.3, 0.4) is 0 Å². The van der Waals surface area contributed by atoms with Gasteiger partial charge >= 0.3 is 0 Å². The van der Waals surface area contributed by atoms with Crippen molar-refractivity contribution in [1.29, 1.82) is 0 Å². The Morgan fingerprint density at radius 1 is 1.61 bits per heavy atom. The van der Waals surface area contributed by atoms with Crippen molar-refractivity contribution >= 4 is 11.6 Å². The van der Waals surface area contributed by atoms with Gasteiger partial charge in [0, 0.05) is 0 Å². The fourth-order valence-electron chi connectivity index (χ4n) is 1.39. The highest BCUT2D eigenvalue weighted by molar-refractivity contribution is 5.98. The van der Waals surface area contributed by atoms with E-state index in [1.807, 2.05) is 0 Å². The van der Waals surface area contributed by atoms with Gasteiger partial charge in [0.1, 0.15) is 11.4 Å². The minimum Gasteiger partial charge on any atom is -0.394 e. The Labute approximate surface area is 103 Å². The number of carbonyl (C=O) groups is 1. The lowest BCUT2D eigenvalue weighted by Crippen LogP contribution is -2.37. The van der Waals surface area contributed by atoms with E-state index in [1.165, 1.54) is 0 Å². The first kappa shape index (κ1) is 14.0. The Balaban J connectivity index is 3.02. The van der Waals surface area contributed by atoms with Crippen molar-refractivity contribution < 1.29 is 19.2 Å². The average Bonchev–Trinajstić information content (AvgIpc) is 2.35. The quantitative estimate of drug-likeness (QED) is 0.612. The van der Waals surface area contributed by atoms with Crippen molar-refractivity contribution in [1.82, 2.24) is 5.32 Å². The molecule has 7 heteroatoms. The molecular weight excluding hydrogens is 243 g/mol. The molecule has 1 amide bonds. The Kier molecular flexibility index (Phi) is 4.73. The Bertz CT molecular complexity index is 460. The summed E-state index contributed by atoms with van der Waals surface area (Å²) in [6.45, 7) is 1.48. The molecule has 0 aromatic heterocycles. The summed E-state index contributed by atoms with van der Waals surface area (Å²) >= 11 is 0. The molecule has 0 bridgehead atoms. The number of hydrogen-bond acceptors (Lipinski definition) is 4. The Morgan fingerprint density at radius 3 is 2.78 bits per heavy atom. The Hall–Kier alpha value is -2.02. The molecule has 0 radical (unpaired) electrons. The number of benzene rings is 1. The molecule has 0 saturated carbocycles. The molecule has 0 aliphatic heterocycles. The molecule has 1 atom stereocenters. The highest BCUT2D eigenvalue weighted by Crippen LogP contribution is 2.19. The van der Waals surface area contributed by atoms with Gasteiger partial charge in [0.2, 0.25) is 0 Å². The molecular formula is C11H13FN2O4. The number of halogens is 1. The van der Waals surface area contributed by atoms with E-state index >= 15 is 0 Å². The highest BCUT2D eigenvalue weighted by atomic mass is 19.1. The first-order valence-corrected chi connectivity index (χ1v) is 5.35. The van der Waals surface area contributed by atoms with E-state index in [0.717, 1.165) is 12.1 Å². The molecule has 0 fully saturated rings. The molecule has 0 aliphatic carbocycles. The van der Waals surface area contributed by atoms with Crippen LogP contribution in [0.1, 0.15) is 23.7 Å². The SMILES string of the molecule is CC[C@@H](CO)NC(=O)c1ccc(F)cc1[N+](=O)[O-]. The lowest BCUT2D eigenvalue weighted by molar-refractivity contribution is -0.385. The molecule has 1 rings (SSSR count). The number of amides is 1. The van der Waals surface area contributed by atoms with Crippen LogP contribution in [0.4, 0.5) is 10.1 Å². The molecule has 18 heavy (non-hydrogen) atoms. The molecule has 0 aliphatic rings. The molecule has 0 saturated heterocycles. The van der Waals surface area contributed by atoms with E-state index in [0.29, 0.717) is 12.5 Å². The van der Waals surface area contributed by atoms with Crippen LogP contribution in [0.25, 0.3) is 0 Å². The summed E-state index contributed by atoms with van der Waals surface area (Å²) in [6, 6.07) is 2.23. The van der Waals surface area contributed by atoms with Crippen LogP contribution in [-0.2, 0) is 0 Å². The number of hydrogen-bond donors (Lipinski definition) is 2. The summed E-state index contributed by atoms with van der Waals surface area (Å²) in [6.07, 6.45) is 0.483. The molecule has 0 spiro atoms. The van der Waals surface area contributed by atoms with Gasteiger partial charge in [-0.2, -0.15) is 0 Å². The zero-order valence-corrected chi connectivity index (χ0v) is 9.72. The van der Waals surface area contributed by atoms with Crippen LogP contribution >= 0.6 is 0 Å². The van der Waals surface area contributed by atoms with Crippen LogP contribution in [-0.4, -0.2) is 28.6 Å². The van der Waals surface area contributed by atoms with E-state index in [4.69, 9.17) is 5.11 Å². The number of nitro groups is 1. The molecule has 1 aromatic rings. The summed E-state index contributed by atoms with van der Waals surface area (Å²) in [4.78, 5) is 21.7. The lowest BCUT2D eigenvalue weighted by atomic mass is 10.1. The van der Waals surface area contributed by atoms with Gasteiger partial charge in [0.05, 0.1) is 23.6 Å². The van der Waals surface area contributed by atoms with E-state index in [1.54, 1.807) is 6.92 Å². The molecule has 1 aromatic carbocycles. The topological polar surface area (TPSA) is 92.5 Å². The number of nitro benzene ring substituents is 1. The van der Waals surface area contributed by atoms with Gasteiger partial charge in [-0.05, 0) is 18.6 Å². The maximum absolute atomic E-state index is 12.9. The molecule has 98 valence electrons. The maximum atomic E-state index is 12.9. The third kappa shape index (κ3) is 3.24. The minimum atomic E-state index is -0.822. The number of aliphatic hydroxyl groups excluding tert-OH is 1. The fourth-order valence-corrected chi connectivity index (χ4v) is 1.39. The van der Waals surface area contributed by atoms with Crippen LogP contribution in [0.2, 0.25) is 0 Å². The van der Waals surface area contributed by atoms with Gasteiger partial charge in [0.15, 0.2) is 0 Å². The molecule has 0 heterocycles. The maximum Gasteiger partial charge on any atom is 0.285 e. The number of aliphatic hydroxyl groups is 1. The van der Waals surface area contributed by atoms with Crippen LogP contribution in [0, 0.1) is 15.9 Å². The summed E-state index contributed by atoms with van der Waals surface area (Å²) in [5.41, 5.74) is -0.825. The van der Waals surface area contributed by atoms with E-state index < -0.39 is 28.4 Å². The van der Waals surface area contributed by atoms with Crippen LogP contribution in [0.5, 0.6) is 0 Å². The second-order valence-electron chi connectivity index (χ2n) is 3.68. The van der Waals surface area contributed by atoms with Gasteiger partial charge < -0.3 is 10.4 Å². The first-order valence-electron chi connectivity index (χ1n) is 5.35. The second-order valence-corrected chi connectivity index (χ2v) is 3.68. The van der Waals surface area contributed by atoms with Gasteiger partial charge in [-0.3, -0.25) is 14.9 Å². The number of rotatable bonds is 5. The third-order valence-corrected chi connectivity index (χ3v) is 2.45. The zero-order chi connectivity index (χ0) is 13.7. The van der Waals surface area contributed by atoms with E-state index in [2.05, 4.69) is 5.32 Å². The van der Waals surface area contributed by atoms with Crippen molar-refractivity contribution in [2.75, 3.05) is 6.61 Å². The van der Waals surface area contributed by atoms with E-state index in [9.17, 15) is 19.3 Å². The van der Waals surface area contributed by atoms with Crippen molar-refractivity contribution in [2.45, 2.75) is 19.4 Å². The summed E-state index contributed by atoms with van der Waals surface area (Å²) in [7, 11) is 0. The van der Waals surface area contributed by atoms with Crippen molar-refractivity contribution in [3.05, 3.63) is 39.7 Å². The van der Waals surface area contributed by atoms with Crippen molar-refractivity contribution in [3.8, 4) is 0 Å². The first-order chi connectivity index (χ1) is 8.49. The minimum absolute atomic E-state index is 0.228.